The summed E-state index contributed by atoms with van der Waals surface area (Å²) in [6.07, 6.45) is 0.581. The van der Waals surface area contributed by atoms with E-state index in [9.17, 15) is 19.8 Å². The molecule has 0 fully saturated rings. The lowest BCUT2D eigenvalue weighted by molar-refractivity contribution is -0.142. The third kappa shape index (κ3) is 6.69. The van der Waals surface area contributed by atoms with Crippen LogP contribution >= 0.6 is 0 Å². The molecule has 0 aromatic heterocycles. The van der Waals surface area contributed by atoms with Crippen LogP contribution in [0.3, 0.4) is 0 Å². The number of hydrogen-bond donors (Lipinski definition) is 4. The van der Waals surface area contributed by atoms with E-state index in [1.165, 1.54) is 0 Å². The quantitative estimate of drug-likeness (QED) is 0.406. The molecule has 0 aliphatic carbocycles. The lowest BCUT2D eigenvalue weighted by atomic mass is 10.0. The first-order chi connectivity index (χ1) is 15.0. The number of carboxylic acids is 1. The number of carbonyl (C=O) groups excluding carboxylic acids is 1. The average molecular weight is 418 g/mol. The Bertz CT molecular complexity index is 993. The number of benzene rings is 3. The first kappa shape index (κ1) is 22.1. The molecule has 0 bridgehead atoms. The number of phenols is 1. The second-order valence-electron chi connectivity index (χ2n) is 7.34. The van der Waals surface area contributed by atoms with Gasteiger partial charge in [-0.05, 0) is 23.6 Å². The Balaban J connectivity index is 1.73. The van der Waals surface area contributed by atoms with Crippen LogP contribution in [0.15, 0.2) is 84.9 Å². The molecule has 3 rings (SSSR count). The number of phenolic OH excluding ortho intramolecular Hbond substituents is 1. The minimum absolute atomic E-state index is 0.140. The van der Waals surface area contributed by atoms with E-state index in [0.717, 1.165) is 11.1 Å². The van der Waals surface area contributed by atoms with Gasteiger partial charge in [0.15, 0.2) is 0 Å². The van der Waals surface area contributed by atoms with Gasteiger partial charge < -0.3 is 20.8 Å². The molecule has 0 heterocycles. The lowest BCUT2D eigenvalue weighted by Gasteiger charge is -2.22. The van der Waals surface area contributed by atoms with Gasteiger partial charge in [0.2, 0.25) is 5.91 Å². The van der Waals surface area contributed by atoms with Crippen molar-refractivity contribution in [3.8, 4) is 5.75 Å². The van der Waals surface area contributed by atoms with Gasteiger partial charge >= 0.3 is 5.97 Å². The Morgan fingerprint density at radius 3 is 1.81 bits per heavy atom. The molecule has 1 amide bonds. The zero-order chi connectivity index (χ0) is 22.1. The Morgan fingerprint density at radius 2 is 1.26 bits per heavy atom. The number of aromatic hydroxyl groups is 1. The third-order valence-corrected chi connectivity index (χ3v) is 5.03. The van der Waals surface area contributed by atoms with Gasteiger partial charge in [0.05, 0.1) is 6.04 Å². The van der Waals surface area contributed by atoms with Crippen LogP contribution in [0.1, 0.15) is 16.7 Å². The van der Waals surface area contributed by atoms with Crippen LogP contribution in [-0.4, -0.2) is 34.2 Å². The summed E-state index contributed by atoms with van der Waals surface area (Å²) in [7, 11) is 0. The normalized spacial score (nSPS) is 12.6. The predicted octanol–water partition coefficient (Wildman–Crippen LogP) is 2.91. The van der Waals surface area contributed by atoms with E-state index in [4.69, 9.17) is 0 Å². The SMILES string of the molecule is O=C(O)[C@H](Cc1ccccc1)NC(=O)[C@H](Cc1ccccc1)NCc1ccccc1O. The summed E-state index contributed by atoms with van der Waals surface area (Å²) in [6, 6.07) is 23.9. The molecule has 0 spiro atoms. The first-order valence-electron chi connectivity index (χ1n) is 10.1. The fraction of sp³-hybridized carbons (Fsp3) is 0.200. The summed E-state index contributed by atoms with van der Waals surface area (Å²) in [4.78, 5) is 24.8. The summed E-state index contributed by atoms with van der Waals surface area (Å²) < 4.78 is 0. The molecule has 0 saturated heterocycles. The fourth-order valence-electron chi connectivity index (χ4n) is 3.32. The molecule has 0 aliphatic heterocycles. The molecular weight excluding hydrogens is 392 g/mol. The van der Waals surface area contributed by atoms with E-state index in [2.05, 4.69) is 10.6 Å². The van der Waals surface area contributed by atoms with Crippen molar-refractivity contribution in [2.45, 2.75) is 31.5 Å². The van der Waals surface area contributed by atoms with Gasteiger partial charge in [-0.25, -0.2) is 4.79 Å². The maximum Gasteiger partial charge on any atom is 0.326 e. The second kappa shape index (κ2) is 10.9. The first-order valence-corrected chi connectivity index (χ1v) is 10.1. The number of hydrogen-bond acceptors (Lipinski definition) is 4. The van der Waals surface area contributed by atoms with Crippen LogP contribution in [0, 0.1) is 0 Å². The van der Waals surface area contributed by atoms with Gasteiger partial charge in [-0.3, -0.25) is 4.79 Å². The number of carbonyl (C=O) groups is 2. The van der Waals surface area contributed by atoms with Crippen molar-refractivity contribution in [3.63, 3.8) is 0 Å². The molecule has 0 radical (unpaired) electrons. The summed E-state index contributed by atoms with van der Waals surface area (Å²) in [6.45, 7) is 0.272. The number of rotatable bonds is 10. The highest BCUT2D eigenvalue weighted by atomic mass is 16.4. The van der Waals surface area contributed by atoms with Crippen molar-refractivity contribution in [1.82, 2.24) is 10.6 Å². The van der Waals surface area contributed by atoms with E-state index in [1.54, 1.807) is 18.2 Å². The highest BCUT2D eigenvalue weighted by Crippen LogP contribution is 2.16. The molecule has 3 aromatic rings. The predicted molar refractivity (Wildman–Crippen MR) is 119 cm³/mol. The van der Waals surface area contributed by atoms with Gasteiger partial charge in [0.25, 0.3) is 0 Å². The van der Waals surface area contributed by atoms with Gasteiger partial charge in [0, 0.05) is 18.5 Å². The van der Waals surface area contributed by atoms with Crippen molar-refractivity contribution in [2.24, 2.45) is 0 Å². The summed E-state index contributed by atoms with van der Waals surface area (Å²) in [5.41, 5.74) is 2.44. The zero-order valence-electron chi connectivity index (χ0n) is 17.1. The van der Waals surface area contributed by atoms with Crippen molar-refractivity contribution in [1.29, 1.82) is 0 Å². The lowest BCUT2D eigenvalue weighted by Crippen LogP contribution is -2.51. The standard InChI is InChI=1S/C25H26N2O4/c28-23-14-8-7-13-20(23)17-26-21(15-18-9-3-1-4-10-18)24(29)27-22(25(30)31)16-19-11-5-2-6-12-19/h1-14,21-22,26,28H,15-17H2,(H,27,29)(H,30,31)/t21-,22-/m0/s1. The maximum absolute atomic E-state index is 13.1. The average Bonchev–Trinajstić information content (AvgIpc) is 2.78. The smallest absolute Gasteiger partial charge is 0.326 e. The largest absolute Gasteiger partial charge is 0.508 e. The topological polar surface area (TPSA) is 98.7 Å². The Labute approximate surface area is 181 Å². The number of carboxylic acid groups (broad SMARTS) is 1. The van der Waals surface area contributed by atoms with E-state index in [0.29, 0.717) is 12.0 Å². The van der Waals surface area contributed by atoms with Crippen LogP contribution in [-0.2, 0) is 29.0 Å². The van der Waals surface area contributed by atoms with Crippen LogP contribution < -0.4 is 10.6 Å². The van der Waals surface area contributed by atoms with Crippen LogP contribution in [0.5, 0.6) is 5.75 Å². The summed E-state index contributed by atoms with van der Waals surface area (Å²) in [5.74, 6) is -1.35. The van der Waals surface area contributed by atoms with Crippen molar-refractivity contribution in [3.05, 3.63) is 102 Å². The van der Waals surface area contributed by atoms with E-state index >= 15 is 0 Å². The maximum atomic E-state index is 13.1. The van der Waals surface area contributed by atoms with Gasteiger partial charge in [-0.15, -0.1) is 0 Å². The van der Waals surface area contributed by atoms with Gasteiger partial charge in [-0.2, -0.15) is 0 Å². The molecule has 0 saturated carbocycles. The molecule has 6 heteroatoms. The van der Waals surface area contributed by atoms with Crippen LogP contribution in [0.2, 0.25) is 0 Å². The van der Waals surface area contributed by atoms with Crippen molar-refractivity contribution in [2.75, 3.05) is 0 Å². The molecule has 4 N–H and O–H groups in total. The summed E-state index contributed by atoms with van der Waals surface area (Å²) >= 11 is 0. The minimum Gasteiger partial charge on any atom is -0.508 e. The van der Waals surface area contributed by atoms with Gasteiger partial charge in [0.1, 0.15) is 11.8 Å². The fourth-order valence-corrected chi connectivity index (χ4v) is 3.32. The molecule has 160 valence electrons. The Kier molecular flexibility index (Phi) is 7.79. The zero-order valence-corrected chi connectivity index (χ0v) is 17.1. The Morgan fingerprint density at radius 1 is 0.742 bits per heavy atom. The van der Waals surface area contributed by atoms with E-state index in [1.807, 2.05) is 66.7 Å². The number of nitrogens with one attached hydrogen (secondary N) is 2. The molecule has 0 unspecified atom stereocenters. The third-order valence-electron chi connectivity index (χ3n) is 5.03. The van der Waals surface area contributed by atoms with E-state index in [-0.39, 0.29) is 18.7 Å². The van der Waals surface area contributed by atoms with Crippen molar-refractivity contribution >= 4 is 11.9 Å². The monoisotopic (exact) mass is 418 g/mol. The molecular formula is C25H26N2O4. The second-order valence-corrected chi connectivity index (χ2v) is 7.34. The minimum atomic E-state index is -1.09. The van der Waals surface area contributed by atoms with E-state index < -0.39 is 24.0 Å². The van der Waals surface area contributed by atoms with Crippen LogP contribution in [0.25, 0.3) is 0 Å². The molecule has 3 aromatic carbocycles. The molecule has 0 aliphatic rings. The number of amides is 1. The highest BCUT2D eigenvalue weighted by molar-refractivity contribution is 5.87. The molecule has 6 nitrogen and oxygen atoms in total. The van der Waals surface area contributed by atoms with Crippen LogP contribution in [0.4, 0.5) is 0 Å². The molecule has 2 atom stereocenters. The number of para-hydroxylation sites is 1. The molecule has 31 heavy (non-hydrogen) atoms. The summed E-state index contributed by atoms with van der Waals surface area (Å²) in [5, 5.41) is 25.5. The van der Waals surface area contributed by atoms with Crippen molar-refractivity contribution < 1.29 is 19.8 Å². The number of aliphatic carboxylic acids is 1. The Hall–Kier alpha value is -3.64. The highest BCUT2D eigenvalue weighted by Gasteiger charge is 2.26. The van der Waals surface area contributed by atoms with Gasteiger partial charge in [-0.1, -0.05) is 78.9 Å².